The number of aromatic nitrogens is 1. The number of hydrogen-bond acceptors (Lipinski definition) is 3. The molecular weight excluding hydrogens is 336 g/mol. The predicted octanol–water partition coefficient (Wildman–Crippen LogP) is 3.00. The van der Waals surface area contributed by atoms with E-state index in [0.717, 1.165) is 19.3 Å². The Balaban J connectivity index is 2.12. The van der Waals surface area contributed by atoms with E-state index in [1.807, 2.05) is 0 Å². The fourth-order valence-electron chi connectivity index (χ4n) is 2.77. The molecule has 1 heterocycles. The van der Waals surface area contributed by atoms with Gasteiger partial charge in [0.2, 0.25) is 0 Å². The molecule has 6 heteroatoms. The zero-order chi connectivity index (χ0) is 15.5. The molecule has 2 rings (SSSR count). The number of carbonyl (C=O) groups is 2. The van der Waals surface area contributed by atoms with Gasteiger partial charge in [0.1, 0.15) is 10.1 Å². The van der Waals surface area contributed by atoms with Gasteiger partial charge in [-0.05, 0) is 59.7 Å². The third kappa shape index (κ3) is 3.61. The van der Waals surface area contributed by atoms with Crippen molar-refractivity contribution in [3.63, 3.8) is 0 Å². The minimum Gasteiger partial charge on any atom is -0.480 e. The lowest BCUT2D eigenvalue weighted by atomic mass is 9.75. The number of nitrogens with one attached hydrogen (secondary N) is 1. The highest BCUT2D eigenvalue weighted by Gasteiger charge is 2.43. The van der Waals surface area contributed by atoms with Crippen LogP contribution in [0.25, 0.3) is 0 Å². The zero-order valence-electron chi connectivity index (χ0n) is 11.9. The number of carbonyl (C=O) groups excluding carboxylic acids is 1. The fourth-order valence-corrected chi connectivity index (χ4v) is 3.01. The van der Waals surface area contributed by atoms with E-state index in [0.29, 0.717) is 28.9 Å². The number of nitrogens with zero attached hydrogens (tertiary/aromatic N) is 1. The van der Waals surface area contributed by atoms with Crippen LogP contribution in [0.1, 0.15) is 49.4 Å². The third-order valence-electron chi connectivity index (χ3n) is 4.29. The van der Waals surface area contributed by atoms with Crippen LogP contribution in [0.3, 0.4) is 0 Å². The highest BCUT2D eigenvalue weighted by molar-refractivity contribution is 9.10. The summed E-state index contributed by atoms with van der Waals surface area (Å²) >= 11 is 3.20. The molecule has 21 heavy (non-hydrogen) atoms. The Bertz CT molecular complexity index is 522. The number of carboxylic acids is 1. The van der Waals surface area contributed by atoms with Gasteiger partial charge in [-0.25, -0.2) is 9.78 Å². The van der Waals surface area contributed by atoms with Crippen molar-refractivity contribution in [2.24, 2.45) is 5.92 Å². The Hall–Kier alpha value is -1.43. The van der Waals surface area contributed by atoms with Crippen molar-refractivity contribution < 1.29 is 14.7 Å². The summed E-state index contributed by atoms with van der Waals surface area (Å²) in [5.41, 5.74) is -0.771. The quantitative estimate of drug-likeness (QED) is 0.814. The van der Waals surface area contributed by atoms with E-state index in [2.05, 4.69) is 33.2 Å². The molecule has 0 spiro atoms. The van der Waals surface area contributed by atoms with Gasteiger partial charge in [-0.1, -0.05) is 13.3 Å². The maximum absolute atomic E-state index is 12.3. The monoisotopic (exact) mass is 354 g/mol. The molecule has 0 radical (unpaired) electrons. The number of aliphatic carboxylic acids is 1. The maximum atomic E-state index is 12.3. The SMILES string of the molecule is CCC1CCC(NC(=O)c2ccc(Br)nc2)(C(=O)O)CC1. The number of hydrogen-bond donors (Lipinski definition) is 2. The molecule has 0 aromatic carbocycles. The Morgan fingerprint density at radius 2 is 2.10 bits per heavy atom. The normalized spacial score (nSPS) is 25.3. The molecule has 114 valence electrons. The summed E-state index contributed by atoms with van der Waals surface area (Å²) in [4.78, 5) is 27.9. The van der Waals surface area contributed by atoms with Gasteiger partial charge in [-0.15, -0.1) is 0 Å². The van der Waals surface area contributed by atoms with Crippen LogP contribution < -0.4 is 5.32 Å². The van der Waals surface area contributed by atoms with Gasteiger partial charge >= 0.3 is 5.97 Å². The van der Waals surface area contributed by atoms with E-state index in [4.69, 9.17) is 0 Å². The minimum atomic E-state index is -1.14. The average molecular weight is 355 g/mol. The Morgan fingerprint density at radius 1 is 1.43 bits per heavy atom. The predicted molar refractivity (Wildman–Crippen MR) is 82.0 cm³/mol. The number of amides is 1. The highest BCUT2D eigenvalue weighted by Crippen LogP contribution is 2.34. The van der Waals surface area contributed by atoms with Crippen LogP contribution in [0.15, 0.2) is 22.9 Å². The van der Waals surface area contributed by atoms with Gasteiger partial charge in [-0.3, -0.25) is 4.79 Å². The maximum Gasteiger partial charge on any atom is 0.329 e. The van der Waals surface area contributed by atoms with Crippen LogP contribution in [-0.4, -0.2) is 27.5 Å². The van der Waals surface area contributed by atoms with E-state index in [1.54, 1.807) is 12.1 Å². The topological polar surface area (TPSA) is 79.3 Å². The summed E-state index contributed by atoms with van der Waals surface area (Å²) in [6, 6.07) is 3.29. The van der Waals surface area contributed by atoms with Crippen LogP contribution in [-0.2, 0) is 4.79 Å². The first-order chi connectivity index (χ1) is 9.97. The second kappa shape index (κ2) is 6.56. The van der Waals surface area contributed by atoms with Gasteiger partial charge in [0.15, 0.2) is 0 Å². The van der Waals surface area contributed by atoms with Crippen LogP contribution in [0.4, 0.5) is 0 Å². The molecule has 0 bridgehead atoms. The summed E-state index contributed by atoms with van der Waals surface area (Å²) in [6.07, 6.45) is 5.13. The first-order valence-electron chi connectivity index (χ1n) is 7.14. The van der Waals surface area contributed by atoms with Gasteiger partial charge in [0, 0.05) is 6.20 Å². The number of rotatable bonds is 4. The summed E-state index contributed by atoms with van der Waals surface area (Å²) in [7, 11) is 0. The Morgan fingerprint density at radius 3 is 2.57 bits per heavy atom. The fraction of sp³-hybridized carbons (Fsp3) is 0.533. The largest absolute Gasteiger partial charge is 0.480 e. The highest BCUT2D eigenvalue weighted by atomic mass is 79.9. The summed E-state index contributed by atoms with van der Waals surface area (Å²) in [6.45, 7) is 2.12. The van der Waals surface area contributed by atoms with Crippen LogP contribution in [0.5, 0.6) is 0 Å². The van der Waals surface area contributed by atoms with Crippen molar-refractivity contribution in [3.05, 3.63) is 28.5 Å². The molecule has 1 fully saturated rings. The lowest BCUT2D eigenvalue weighted by Gasteiger charge is -2.37. The van der Waals surface area contributed by atoms with Gasteiger partial charge < -0.3 is 10.4 Å². The first-order valence-corrected chi connectivity index (χ1v) is 7.93. The molecule has 1 aliphatic rings. The van der Waals surface area contributed by atoms with Crippen LogP contribution in [0, 0.1) is 5.92 Å². The number of carboxylic acid groups (broad SMARTS) is 1. The van der Waals surface area contributed by atoms with Crippen molar-refractivity contribution in [1.29, 1.82) is 0 Å². The van der Waals surface area contributed by atoms with Gasteiger partial charge in [-0.2, -0.15) is 0 Å². The molecule has 0 saturated heterocycles. The molecule has 1 saturated carbocycles. The van der Waals surface area contributed by atoms with Crippen molar-refractivity contribution in [2.75, 3.05) is 0 Å². The average Bonchev–Trinajstić information content (AvgIpc) is 2.48. The van der Waals surface area contributed by atoms with E-state index >= 15 is 0 Å². The molecule has 2 N–H and O–H groups in total. The zero-order valence-corrected chi connectivity index (χ0v) is 13.5. The van der Waals surface area contributed by atoms with Gasteiger partial charge in [0.25, 0.3) is 5.91 Å². The second-order valence-electron chi connectivity index (χ2n) is 5.56. The molecule has 5 nitrogen and oxygen atoms in total. The van der Waals surface area contributed by atoms with E-state index in [9.17, 15) is 14.7 Å². The molecule has 0 aliphatic heterocycles. The van der Waals surface area contributed by atoms with Crippen molar-refractivity contribution in [1.82, 2.24) is 10.3 Å². The smallest absolute Gasteiger partial charge is 0.329 e. The molecule has 1 aromatic rings. The molecule has 1 aliphatic carbocycles. The van der Waals surface area contributed by atoms with Crippen molar-refractivity contribution in [2.45, 2.75) is 44.6 Å². The summed E-state index contributed by atoms with van der Waals surface area (Å²) < 4.78 is 0.635. The van der Waals surface area contributed by atoms with Crippen LogP contribution >= 0.6 is 15.9 Å². The minimum absolute atomic E-state index is 0.372. The number of halogens is 1. The molecule has 1 amide bonds. The van der Waals surface area contributed by atoms with E-state index < -0.39 is 11.5 Å². The Kier molecular flexibility index (Phi) is 4.98. The second-order valence-corrected chi connectivity index (χ2v) is 6.38. The lowest BCUT2D eigenvalue weighted by Crippen LogP contribution is -2.56. The van der Waals surface area contributed by atoms with Crippen LogP contribution in [0.2, 0.25) is 0 Å². The van der Waals surface area contributed by atoms with Crippen molar-refractivity contribution >= 4 is 27.8 Å². The lowest BCUT2D eigenvalue weighted by molar-refractivity contribution is -0.146. The number of pyridine rings is 1. The summed E-state index contributed by atoms with van der Waals surface area (Å²) in [5, 5.41) is 12.3. The molecular formula is C15H19BrN2O3. The molecule has 0 unspecified atom stereocenters. The van der Waals surface area contributed by atoms with E-state index in [1.165, 1.54) is 6.20 Å². The van der Waals surface area contributed by atoms with E-state index in [-0.39, 0.29) is 5.91 Å². The third-order valence-corrected chi connectivity index (χ3v) is 4.76. The molecule has 0 atom stereocenters. The first kappa shape index (κ1) is 15.9. The van der Waals surface area contributed by atoms with Crippen molar-refractivity contribution in [3.8, 4) is 0 Å². The van der Waals surface area contributed by atoms with Gasteiger partial charge in [0.05, 0.1) is 5.56 Å². The standard InChI is InChI=1S/C15H19BrN2O3/c1-2-10-5-7-15(8-6-10,14(20)21)18-13(19)11-3-4-12(16)17-9-11/h3-4,9-10H,2,5-8H2,1H3,(H,18,19)(H,20,21). The Labute approximate surface area is 132 Å². The summed E-state index contributed by atoms with van der Waals surface area (Å²) in [5.74, 6) is -0.772. The molecule has 1 aromatic heterocycles.